The first-order valence-corrected chi connectivity index (χ1v) is 8.76. The number of aliphatic imine (C=N–C) groups is 1. The van der Waals surface area contributed by atoms with E-state index in [0.717, 1.165) is 19.4 Å². The number of hydrogen-bond donors (Lipinski definition) is 4. The highest BCUT2D eigenvalue weighted by Gasteiger charge is 2.21. The molecule has 1 heterocycles. The van der Waals surface area contributed by atoms with Crippen molar-refractivity contribution in [3.8, 4) is 0 Å². The summed E-state index contributed by atoms with van der Waals surface area (Å²) in [4.78, 5) is 12.4. The molecule has 0 aromatic heterocycles. The van der Waals surface area contributed by atoms with E-state index in [-0.39, 0.29) is 29.0 Å². The van der Waals surface area contributed by atoms with Gasteiger partial charge in [0, 0.05) is 20.1 Å². The Labute approximate surface area is 144 Å². The number of halogens is 1. The van der Waals surface area contributed by atoms with E-state index in [4.69, 9.17) is 26.1 Å². The number of hydrogen-bond acceptors (Lipinski definition) is 5. The highest BCUT2D eigenvalue weighted by atomic mass is 32.2. The molecule has 2 rings (SSSR count). The van der Waals surface area contributed by atoms with Gasteiger partial charge in [0.2, 0.25) is 10.0 Å². The van der Waals surface area contributed by atoms with Crippen LogP contribution in [0.4, 0.5) is 10.1 Å². The number of carboxylic acid groups (broad SMARTS) is 1. The molecule has 0 spiro atoms. The summed E-state index contributed by atoms with van der Waals surface area (Å²) in [6.07, 6.45) is 0.806. The fourth-order valence-corrected chi connectivity index (χ4v) is 3.07. The molecule has 1 atom stereocenters. The van der Waals surface area contributed by atoms with Crippen molar-refractivity contribution in [2.45, 2.75) is 18.2 Å². The van der Waals surface area contributed by atoms with E-state index in [0.29, 0.717) is 13.2 Å². The minimum atomic E-state index is -3.77. The molecule has 1 saturated heterocycles. The summed E-state index contributed by atoms with van der Waals surface area (Å²) in [6, 6.07) is 3.34. The molecule has 1 fully saturated rings. The lowest BCUT2D eigenvalue weighted by molar-refractivity contribution is -0.134. The largest absolute Gasteiger partial charge is 0.481 e. The topological polar surface area (TPSA) is 157 Å². The summed E-state index contributed by atoms with van der Waals surface area (Å²) in [5.41, 5.74) is 10.2. The van der Waals surface area contributed by atoms with Gasteiger partial charge in [0.15, 0.2) is 5.96 Å². The molecule has 0 radical (unpaired) electrons. The molecule has 1 aromatic rings. The van der Waals surface area contributed by atoms with Crippen molar-refractivity contribution in [1.82, 2.24) is 4.72 Å². The Morgan fingerprint density at radius 1 is 1.48 bits per heavy atom. The molecule has 1 unspecified atom stereocenters. The maximum Gasteiger partial charge on any atom is 0.300 e. The van der Waals surface area contributed by atoms with Crippen LogP contribution in [0.2, 0.25) is 0 Å². The Balaban J connectivity index is 0.000000705. The number of nitrogens with zero attached hydrogens (tertiary/aromatic N) is 1. The molecule has 6 N–H and O–H groups in total. The molecule has 0 amide bonds. The standard InChI is InChI=1S/C12H17FN4O3S.C2H4O2/c13-10-5-9(1-2-11(10)17-12(14)15)21(18,19)16-6-8-3-4-20-7-8;1-2(3)4/h1-2,5,8,16H,3-4,6-7H2,(H4,14,15,17);1H3,(H,3,4). The van der Waals surface area contributed by atoms with Crippen LogP contribution in [0.25, 0.3) is 0 Å². The number of benzene rings is 1. The molecular weight excluding hydrogens is 355 g/mol. The SMILES string of the molecule is CC(=O)O.NC(N)=Nc1ccc(S(=O)(=O)NCC2CCOC2)cc1F. The lowest BCUT2D eigenvalue weighted by Crippen LogP contribution is -2.29. The smallest absolute Gasteiger partial charge is 0.300 e. The predicted molar refractivity (Wildman–Crippen MR) is 89.3 cm³/mol. The maximum atomic E-state index is 13.8. The van der Waals surface area contributed by atoms with Gasteiger partial charge in [0.25, 0.3) is 5.97 Å². The Hall–Kier alpha value is -2.24. The van der Waals surface area contributed by atoms with E-state index in [9.17, 15) is 12.8 Å². The summed E-state index contributed by atoms with van der Waals surface area (Å²) in [6.45, 7) is 2.51. The Bertz CT molecular complexity index is 725. The first-order valence-electron chi connectivity index (χ1n) is 7.28. The van der Waals surface area contributed by atoms with Crippen LogP contribution in [-0.4, -0.2) is 45.2 Å². The quantitative estimate of drug-likeness (QED) is 0.420. The van der Waals surface area contributed by atoms with E-state index in [1.807, 2.05) is 0 Å². The number of aliphatic carboxylic acids is 1. The molecule has 25 heavy (non-hydrogen) atoms. The van der Waals surface area contributed by atoms with E-state index >= 15 is 0 Å². The van der Waals surface area contributed by atoms with Crippen LogP contribution in [0.1, 0.15) is 13.3 Å². The molecular formula is C14H21FN4O5S. The van der Waals surface area contributed by atoms with Gasteiger partial charge < -0.3 is 21.3 Å². The van der Waals surface area contributed by atoms with Crippen LogP contribution < -0.4 is 16.2 Å². The van der Waals surface area contributed by atoms with Crippen LogP contribution in [0.3, 0.4) is 0 Å². The number of rotatable bonds is 5. The molecule has 1 aromatic carbocycles. The lowest BCUT2D eigenvalue weighted by atomic mass is 10.1. The Kier molecular flexibility index (Phi) is 7.74. The Morgan fingerprint density at radius 2 is 2.12 bits per heavy atom. The molecule has 0 aliphatic carbocycles. The van der Waals surface area contributed by atoms with Gasteiger partial charge in [-0.15, -0.1) is 0 Å². The summed E-state index contributed by atoms with van der Waals surface area (Å²) < 4.78 is 45.5. The first-order chi connectivity index (χ1) is 11.6. The molecule has 140 valence electrons. The maximum absolute atomic E-state index is 13.8. The van der Waals surface area contributed by atoms with Crippen LogP contribution in [0, 0.1) is 11.7 Å². The second-order valence-corrected chi connectivity index (χ2v) is 7.02. The zero-order chi connectivity index (χ0) is 19.0. The van der Waals surface area contributed by atoms with Gasteiger partial charge in [0.05, 0.1) is 11.5 Å². The second-order valence-electron chi connectivity index (χ2n) is 5.25. The van der Waals surface area contributed by atoms with Crippen molar-refractivity contribution in [3.05, 3.63) is 24.0 Å². The summed E-state index contributed by atoms with van der Waals surface area (Å²) >= 11 is 0. The van der Waals surface area contributed by atoms with E-state index in [1.54, 1.807) is 0 Å². The van der Waals surface area contributed by atoms with E-state index in [2.05, 4.69) is 9.71 Å². The molecule has 0 bridgehead atoms. The van der Waals surface area contributed by atoms with Gasteiger partial charge in [-0.05, 0) is 30.5 Å². The van der Waals surface area contributed by atoms with Crippen molar-refractivity contribution >= 4 is 27.6 Å². The number of sulfonamides is 1. The van der Waals surface area contributed by atoms with Gasteiger partial charge in [-0.25, -0.2) is 22.5 Å². The minimum Gasteiger partial charge on any atom is -0.481 e. The fourth-order valence-electron chi connectivity index (χ4n) is 1.94. The van der Waals surface area contributed by atoms with Crippen LogP contribution in [-0.2, 0) is 19.6 Å². The van der Waals surface area contributed by atoms with Gasteiger partial charge in [0.1, 0.15) is 11.5 Å². The number of nitrogens with one attached hydrogen (secondary N) is 1. The third-order valence-corrected chi connectivity index (χ3v) is 4.49. The average molecular weight is 376 g/mol. The number of guanidine groups is 1. The number of carboxylic acids is 1. The van der Waals surface area contributed by atoms with E-state index < -0.39 is 21.8 Å². The van der Waals surface area contributed by atoms with Crippen molar-refractivity contribution < 1.29 is 27.4 Å². The van der Waals surface area contributed by atoms with Crippen molar-refractivity contribution in [3.63, 3.8) is 0 Å². The van der Waals surface area contributed by atoms with Crippen LogP contribution >= 0.6 is 0 Å². The van der Waals surface area contributed by atoms with Crippen LogP contribution in [0.15, 0.2) is 28.1 Å². The molecule has 1 aliphatic heterocycles. The number of ether oxygens (including phenoxy) is 1. The van der Waals surface area contributed by atoms with Gasteiger partial charge in [-0.2, -0.15) is 0 Å². The zero-order valence-electron chi connectivity index (χ0n) is 13.6. The number of nitrogens with two attached hydrogens (primary N) is 2. The first kappa shape index (κ1) is 20.8. The molecule has 1 aliphatic rings. The number of carbonyl (C=O) groups is 1. The average Bonchev–Trinajstić information content (AvgIpc) is 2.99. The second kappa shape index (κ2) is 9.30. The normalized spacial score (nSPS) is 16.6. The van der Waals surface area contributed by atoms with Crippen LogP contribution in [0.5, 0.6) is 0 Å². The predicted octanol–water partition coefficient (Wildman–Crippen LogP) is 0.136. The molecule has 0 saturated carbocycles. The molecule has 9 nitrogen and oxygen atoms in total. The zero-order valence-corrected chi connectivity index (χ0v) is 14.4. The van der Waals surface area contributed by atoms with Crippen molar-refractivity contribution in [1.29, 1.82) is 0 Å². The van der Waals surface area contributed by atoms with Gasteiger partial charge in [-0.1, -0.05) is 0 Å². The van der Waals surface area contributed by atoms with Crippen molar-refractivity contribution in [2.75, 3.05) is 19.8 Å². The fraction of sp³-hybridized carbons (Fsp3) is 0.429. The summed E-state index contributed by atoms with van der Waals surface area (Å²) in [5.74, 6) is -1.80. The molecule has 11 heteroatoms. The highest BCUT2D eigenvalue weighted by molar-refractivity contribution is 7.89. The Morgan fingerprint density at radius 3 is 2.60 bits per heavy atom. The summed E-state index contributed by atoms with van der Waals surface area (Å²) in [7, 11) is -3.77. The minimum absolute atomic E-state index is 0.113. The van der Waals surface area contributed by atoms with Gasteiger partial charge in [-0.3, -0.25) is 4.79 Å². The third-order valence-electron chi connectivity index (χ3n) is 3.07. The summed E-state index contributed by atoms with van der Waals surface area (Å²) in [5, 5.41) is 7.42. The van der Waals surface area contributed by atoms with Crippen molar-refractivity contribution in [2.24, 2.45) is 22.4 Å². The lowest BCUT2D eigenvalue weighted by Gasteiger charge is -2.10. The third kappa shape index (κ3) is 7.45. The monoisotopic (exact) mass is 376 g/mol. The van der Waals surface area contributed by atoms with E-state index in [1.165, 1.54) is 12.1 Å². The van der Waals surface area contributed by atoms with Gasteiger partial charge >= 0.3 is 0 Å². The highest BCUT2D eigenvalue weighted by Crippen LogP contribution is 2.21.